The first-order valence-electron chi connectivity index (χ1n) is 9.72. The van der Waals surface area contributed by atoms with Gasteiger partial charge in [-0.25, -0.2) is 4.98 Å². The Hall–Kier alpha value is -3.43. The number of nitrogens with zero attached hydrogens (tertiary/aromatic N) is 4. The molecule has 3 heterocycles. The average molecular weight is 432 g/mol. The number of pyridine rings is 1. The number of amides is 3. The Morgan fingerprint density at radius 2 is 1.55 bits per heavy atom. The van der Waals surface area contributed by atoms with Crippen molar-refractivity contribution in [2.45, 2.75) is 19.1 Å². The number of piperazine rings is 1. The van der Waals surface area contributed by atoms with Gasteiger partial charge in [0.25, 0.3) is 11.8 Å². The Balaban J connectivity index is 1.39. The van der Waals surface area contributed by atoms with Crippen LogP contribution in [0.15, 0.2) is 42.6 Å². The van der Waals surface area contributed by atoms with E-state index in [0.29, 0.717) is 32.0 Å². The smallest absolute Gasteiger partial charge is 0.353 e. The number of benzene rings is 1. The first kappa shape index (κ1) is 20.8. The molecule has 0 bridgehead atoms. The second-order valence-electron chi connectivity index (χ2n) is 7.42. The van der Waals surface area contributed by atoms with Crippen LogP contribution in [0, 0.1) is 0 Å². The summed E-state index contributed by atoms with van der Waals surface area (Å²) in [5, 5.41) is 0. The molecule has 2 aliphatic rings. The molecule has 2 aromatic rings. The Labute approximate surface area is 176 Å². The molecule has 162 valence electrons. The summed E-state index contributed by atoms with van der Waals surface area (Å²) in [4.78, 5) is 46.4. The van der Waals surface area contributed by atoms with Crippen LogP contribution in [0.2, 0.25) is 0 Å². The first-order chi connectivity index (χ1) is 14.7. The van der Waals surface area contributed by atoms with Gasteiger partial charge < -0.3 is 9.80 Å². The Morgan fingerprint density at radius 3 is 2.03 bits per heavy atom. The Bertz CT molecular complexity index is 996. The van der Waals surface area contributed by atoms with Gasteiger partial charge >= 0.3 is 6.18 Å². The highest BCUT2D eigenvalue weighted by Gasteiger charge is 2.42. The van der Waals surface area contributed by atoms with Crippen LogP contribution in [-0.4, -0.2) is 64.7 Å². The van der Waals surface area contributed by atoms with Crippen LogP contribution >= 0.6 is 0 Å². The van der Waals surface area contributed by atoms with E-state index in [1.54, 1.807) is 34.1 Å². The molecule has 1 fully saturated rings. The van der Waals surface area contributed by atoms with Crippen molar-refractivity contribution < 1.29 is 27.6 Å². The van der Waals surface area contributed by atoms with Crippen molar-refractivity contribution in [1.29, 1.82) is 0 Å². The lowest BCUT2D eigenvalue weighted by Gasteiger charge is -2.37. The number of carbonyl (C=O) groups excluding carboxylic acids is 3. The van der Waals surface area contributed by atoms with E-state index in [1.165, 1.54) is 13.0 Å². The third kappa shape index (κ3) is 3.73. The van der Waals surface area contributed by atoms with E-state index in [-0.39, 0.29) is 17.0 Å². The monoisotopic (exact) mass is 432 g/mol. The van der Waals surface area contributed by atoms with Gasteiger partial charge in [0.15, 0.2) is 0 Å². The average Bonchev–Trinajstić information content (AvgIpc) is 3.03. The molecule has 1 aromatic heterocycles. The summed E-state index contributed by atoms with van der Waals surface area (Å²) < 4.78 is 38.1. The van der Waals surface area contributed by atoms with Gasteiger partial charge in [-0.15, -0.1) is 0 Å². The highest BCUT2D eigenvalue weighted by Crippen LogP contribution is 2.30. The predicted molar refractivity (Wildman–Crippen MR) is 104 cm³/mol. The number of aromatic nitrogens is 1. The first-order valence-corrected chi connectivity index (χ1v) is 9.72. The zero-order chi connectivity index (χ0) is 22.3. The van der Waals surface area contributed by atoms with E-state index in [4.69, 9.17) is 0 Å². The minimum absolute atomic E-state index is 0.283. The quantitative estimate of drug-likeness (QED) is 0.697. The molecule has 4 rings (SSSR count). The lowest BCUT2D eigenvalue weighted by Crippen LogP contribution is -2.55. The summed E-state index contributed by atoms with van der Waals surface area (Å²) in [5.41, 5.74) is -0.254. The van der Waals surface area contributed by atoms with Crippen LogP contribution in [0.4, 0.5) is 19.0 Å². The standard InChI is InChI=1S/C21H19F3N4O3/c1-13(28-19(30)15-4-2-3-5-16(15)20(28)31)18(29)27-10-8-26(9-11-27)17-7-6-14(12-25-17)21(22,23)24/h2-7,12-13H,8-11H2,1H3. The van der Waals surface area contributed by atoms with Gasteiger partial charge in [0.2, 0.25) is 5.91 Å². The molecule has 0 saturated carbocycles. The topological polar surface area (TPSA) is 73.8 Å². The van der Waals surface area contributed by atoms with Crippen LogP contribution in [0.3, 0.4) is 0 Å². The second kappa shape index (κ2) is 7.68. The minimum Gasteiger partial charge on any atom is -0.353 e. The van der Waals surface area contributed by atoms with Gasteiger partial charge in [-0.05, 0) is 31.2 Å². The van der Waals surface area contributed by atoms with E-state index < -0.39 is 29.6 Å². The molecular formula is C21H19F3N4O3. The number of rotatable bonds is 3. The Kier molecular flexibility index (Phi) is 5.16. The van der Waals surface area contributed by atoms with E-state index in [0.717, 1.165) is 17.2 Å². The van der Waals surface area contributed by atoms with Crippen molar-refractivity contribution >= 4 is 23.5 Å². The number of imide groups is 1. The van der Waals surface area contributed by atoms with Crippen molar-refractivity contribution in [3.63, 3.8) is 0 Å². The summed E-state index contributed by atoms with van der Waals surface area (Å²) in [6.45, 7) is 2.87. The van der Waals surface area contributed by atoms with E-state index in [9.17, 15) is 27.6 Å². The molecule has 0 radical (unpaired) electrons. The molecule has 2 aliphatic heterocycles. The highest BCUT2D eigenvalue weighted by atomic mass is 19.4. The summed E-state index contributed by atoms with van der Waals surface area (Å²) >= 11 is 0. The van der Waals surface area contributed by atoms with Crippen molar-refractivity contribution in [3.05, 3.63) is 59.3 Å². The third-order valence-corrected chi connectivity index (χ3v) is 5.56. The summed E-state index contributed by atoms with van der Waals surface area (Å²) in [5.74, 6) is -0.939. The molecule has 0 spiro atoms. The van der Waals surface area contributed by atoms with Gasteiger partial charge in [-0.2, -0.15) is 13.2 Å². The molecule has 1 unspecified atom stereocenters. The highest BCUT2D eigenvalue weighted by molar-refractivity contribution is 6.22. The molecule has 10 heteroatoms. The van der Waals surface area contributed by atoms with Crippen molar-refractivity contribution in [2.75, 3.05) is 31.1 Å². The van der Waals surface area contributed by atoms with E-state index >= 15 is 0 Å². The summed E-state index contributed by atoms with van der Waals surface area (Å²) in [7, 11) is 0. The van der Waals surface area contributed by atoms with Gasteiger partial charge in [0.1, 0.15) is 11.9 Å². The third-order valence-electron chi connectivity index (χ3n) is 5.56. The number of fused-ring (bicyclic) bond motifs is 1. The van der Waals surface area contributed by atoms with Crippen LogP contribution in [0.5, 0.6) is 0 Å². The molecule has 0 N–H and O–H groups in total. The Morgan fingerprint density at radius 1 is 0.968 bits per heavy atom. The summed E-state index contributed by atoms with van der Waals surface area (Å²) in [6, 6.07) is 7.77. The SMILES string of the molecule is CC(C(=O)N1CCN(c2ccc(C(F)(F)F)cn2)CC1)N1C(=O)c2ccccc2C1=O. The van der Waals surface area contributed by atoms with Gasteiger partial charge in [0.05, 0.1) is 16.7 Å². The van der Waals surface area contributed by atoms with Crippen molar-refractivity contribution in [2.24, 2.45) is 0 Å². The maximum Gasteiger partial charge on any atom is 0.417 e. The number of alkyl halides is 3. The fourth-order valence-electron chi connectivity index (χ4n) is 3.83. The minimum atomic E-state index is -4.45. The molecule has 1 aromatic carbocycles. The largest absolute Gasteiger partial charge is 0.417 e. The molecule has 1 atom stereocenters. The van der Waals surface area contributed by atoms with Crippen LogP contribution in [0.1, 0.15) is 33.2 Å². The lowest BCUT2D eigenvalue weighted by atomic mass is 10.1. The maximum absolute atomic E-state index is 12.9. The molecule has 7 nitrogen and oxygen atoms in total. The number of halogens is 3. The predicted octanol–water partition coefficient (Wildman–Crippen LogP) is 2.43. The van der Waals surface area contributed by atoms with Crippen LogP contribution in [0.25, 0.3) is 0 Å². The zero-order valence-corrected chi connectivity index (χ0v) is 16.6. The molecule has 3 amide bonds. The molecule has 31 heavy (non-hydrogen) atoms. The molecule has 1 saturated heterocycles. The number of carbonyl (C=O) groups is 3. The van der Waals surface area contributed by atoms with Crippen LogP contribution < -0.4 is 4.90 Å². The van der Waals surface area contributed by atoms with E-state index in [1.807, 2.05) is 0 Å². The van der Waals surface area contributed by atoms with Crippen molar-refractivity contribution in [1.82, 2.24) is 14.8 Å². The fourth-order valence-corrected chi connectivity index (χ4v) is 3.83. The lowest BCUT2D eigenvalue weighted by molar-refractivity contribution is -0.138. The normalized spacial score (nSPS) is 17.7. The van der Waals surface area contributed by atoms with E-state index in [2.05, 4.69) is 4.98 Å². The number of hydrogen-bond acceptors (Lipinski definition) is 5. The number of hydrogen-bond donors (Lipinski definition) is 0. The molecular weight excluding hydrogens is 413 g/mol. The van der Waals surface area contributed by atoms with Gasteiger partial charge in [-0.1, -0.05) is 12.1 Å². The second-order valence-corrected chi connectivity index (χ2v) is 7.42. The zero-order valence-electron chi connectivity index (χ0n) is 16.6. The maximum atomic E-state index is 12.9. The van der Waals surface area contributed by atoms with Crippen LogP contribution in [-0.2, 0) is 11.0 Å². The van der Waals surface area contributed by atoms with Crippen molar-refractivity contribution in [3.8, 4) is 0 Å². The summed E-state index contributed by atoms with van der Waals surface area (Å²) in [6.07, 6.45) is -3.66. The fraction of sp³-hybridized carbons (Fsp3) is 0.333. The molecule has 0 aliphatic carbocycles. The number of anilines is 1. The van der Waals surface area contributed by atoms with Gasteiger partial charge in [0, 0.05) is 32.4 Å². The van der Waals surface area contributed by atoms with Gasteiger partial charge in [-0.3, -0.25) is 19.3 Å².